The molecule has 2 rings (SSSR count). The van der Waals surface area contributed by atoms with Crippen LogP contribution in [0.1, 0.15) is 12.5 Å². The second kappa shape index (κ2) is 18.3. The number of methoxy groups -OCH3 is 2. The van der Waals surface area contributed by atoms with E-state index in [-0.39, 0.29) is 19.0 Å². The summed E-state index contributed by atoms with van der Waals surface area (Å²) >= 11 is 1.39. The van der Waals surface area contributed by atoms with Gasteiger partial charge in [-0.05, 0) is 19.1 Å². The molecular weight excluding hydrogens is 506 g/mol. The highest BCUT2D eigenvalue weighted by Gasteiger charge is 2.40. The molecule has 0 unspecified atom stereocenters. The molecule has 210 valence electrons. The van der Waals surface area contributed by atoms with E-state index in [2.05, 4.69) is 4.99 Å². The molecule has 11 nitrogen and oxygen atoms in total. The van der Waals surface area contributed by atoms with E-state index < -0.39 is 11.5 Å². The first-order chi connectivity index (χ1) is 18.0. The van der Waals surface area contributed by atoms with Crippen molar-refractivity contribution in [3.05, 3.63) is 23.8 Å². The Morgan fingerprint density at radius 2 is 1.41 bits per heavy atom. The monoisotopic (exact) mass is 545 g/mol. The molecule has 1 aromatic carbocycles. The van der Waals surface area contributed by atoms with Crippen LogP contribution < -0.4 is 4.74 Å². The van der Waals surface area contributed by atoms with Gasteiger partial charge < -0.3 is 43.0 Å². The van der Waals surface area contributed by atoms with Gasteiger partial charge in [-0.1, -0.05) is 0 Å². The molecule has 0 spiro atoms. The molecule has 1 aromatic rings. The maximum Gasteiger partial charge on any atom is 0.334 e. The number of thioether (sulfide) groups is 1. The summed E-state index contributed by atoms with van der Waals surface area (Å²) in [5, 5.41) is 11.1. The van der Waals surface area contributed by atoms with Crippen LogP contribution in [0.15, 0.2) is 23.2 Å². The predicted molar refractivity (Wildman–Crippen MR) is 139 cm³/mol. The third-order valence-electron chi connectivity index (χ3n) is 5.04. The van der Waals surface area contributed by atoms with E-state index in [1.54, 1.807) is 33.3 Å². The van der Waals surface area contributed by atoms with Crippen LogP contribution in [0.25, 0.3) is 0 Å². The Kier molecular flexibility index (Phi) is 15.5. The van der Waals surface area contributed by atoms with Gasteiger partial charge in [0.1, 0.15) is 29.8 Å². The normalized spacial score (nSPS) is 17.1. The van der Waals surface area contributed by atoms with E-state index in [0.29, 0.717) is 88.2 Å². The van der Waals surface area contributed by atoms with Crippen molar-refractivity contribution in [3.63, 3.8) is 0 Å². The fourth-order valence-corrected chi connectivity index (χ4v) is 4.21. The summed E-state index contributed by atoms with van der Waals surface area (Å²) < 4.78 is 42.2. The van der Waals surface area contributed by atoms with E-state index in [9.17, 15) is 9.90 Å². The number of ether oxygens (including phenoxy) is 8. The smallest absolute Gasteiger partial charge is 0.334 e. The molecule has 12 heteroatoms. The molecule has 0 saturated carbocycles. The molecule has 1 aliphatic rings. The summed E-state index contributed by atoms with van der Waals surface area (Å²) in [7, 11) is 3.24. The molecule has 0 saturated heterocycles. The first-order valence-corrected chi connectivity index (χ1v) is 13.1. The predicted octanol–water partition coefficient (Wildman–Crippen LogP) is 1.93. The van der Waals surface area contributed by atoms with Crippen molar-refractivity contribution < 1.29 is 47.8 Å². The van der Waals surface area contributed by atoms with Crippen LogP contribution in [0.4, 0.5) is 0 Å². The first-order valence-electron chi connectivity index (χ1n) is 12.1. The molecule has 0 radical (unpaired) electrons. The minimum absolute atomic E-state index is 0.0231. The van der Waals surface area contributed by atoms with Crippen LogP contribution in [0, 0.1) is 0 Å². The number of carbonyl (C=O) groups excluding carboxylic acids is 1. The number of benzene rings is 1. The Hall–Kier alpha value is -1.93. The average Bonchev–Trinajstić information content (AvgIpc) is 3.29. The van der Waals surface area contributed by atoms with Crippen LogP contribution in [0.5, 0.6) is 11.5 Å². The lowest BCUT2D eigenvalue weighted by Crippen LogP contribution is -2.36. The first kappa shape index (κ1) is 31.3. The van der Waals surface area contributed by atoms with Gasteiger partial charge in [-0.3, -0.25) is 4.99 Å². The van der Waals surface area contributed by atoms with Crippen molar-refractivity contribution in [1.29, 1.82) is 0 Å². The van der Waals surface area contributed by atoms with Crippen molar-refractivity contribution in [2.45, 2.75) is 12.5 Å². The van der Waals surface area contributed by atoms with Gasteiger partial charge in [0.2, 0.25) is 0 Å². The van der Waals surface area contributed by atoms with Gasteiger partial charge in [0, 0.05) is 31.6 Å². The van der Waals surface area contributed by atoms with Crippen molar-refractivity contribution >= 4 is 22.8 Å². The Bertz CT molecular complexity index is 825. The Balaban J connectivity index is 1.70. The molecular formula is C25H39NO10S. The topological polar surface area (TPSA) is 124 Å². The molecule has 37 heavy (non-hydrogen) atoms. The summed E-state index contributed by atoms with van der Waals surface area (Å²) in [6.07, 6.45) is 0. The fourth-order valence-electron chi connectivity index (χ4n) is 3.02. The van der Waals surface area contributed by atoms with Crippen molar-refractivity contribution in [2.24, 2.45) is 4.99 Å². The van der Waals surface area contributed by atoms with Gasteiger partial charge in [-0.15, -0.1) is 11.8 Å². The highest BCUT2D eigenvalue weighted by atomic mass is 32.2. The maximum absolute atomic E-state index is 12.6. The Morgan fingerprint density at radius 1 is 0.865 bits per heavy atom. The zero-order valence-electron chi connectivity index (χ0n) is 21.9. The second-order valence-electron chi connectivity index (χ2n) is 8.08. The quantitative estimate of drug-likeness (QED) is 0.180. The third-order valence-corrected chi connectivity index (χ3v) is 6.33. The van der Waals surface area contributed by atoms with E-state index >= 15 is 0 Å². The van der Waals surface area contributed by atoms with Crippen LogP contribution in [0.2, 0.25) is 0 Å². The zero-order valence-corrected chi connectivity index (χ0v) is 22.7. The van der Waals surface area contributed by atoms with E-state index in [1.807, 2.05) is 0 Å². The summed E-state index contributed by atoms with van der Waals surface area (Å²) in [6, 6.07) is 4.99. The summed E-state index contributed by atoms with van der Waals surface area (Å²) in [4.78, 5) is 17.2. The summed E-state index contributed by atoms with van der Waals surface area (Å²) in [5.74, 6) is 0.518. The molecule has 0 aromatic heterocycles. The van der Waals surface area contributed by atoms with Gasteiger partial charge in [0.05, 0.1) is 66.1 Å². The lowest BCUT2D eigenvalue weighted by atomic mass is 10.1. The number of esters is 1. The fraction of sp³-hybridized carbons (Fsp3) is 0.680. The standard InChI is InChI=1S/C25H39NO10S/c1-25(24(28)36-17-15-34-13-11-32-9-7-30-3)19-37-23(26-25)21-5-4-20(18-22(21)27)35-16-14-33-12-10-31-8-6-29-2/h4-5,18,27H,6-17,19H2,1-3H3/t25-/m1/s1. The van der Waals surface area contributed by atoms with E-state index in [0.717, 1.165) is 0 Å². The van der Waals surface area contributed by atoms with Gasteiger partial charge in [0.25, 0.3) is 0 Å². The molecule has 0 fully saturated rings. The van der Waals surface area contributed by atoms with Crippen molar-refractivity contribution in [3.8, 4) is 11.5 Å². The number of nitrogens with zero attached hydrogens (tertiary/aromatic N) is 1. The lowest BCUT2D eigenvalue weighted by Gasteiger charge is -2.17. The minimum atomic E-state index is -1.03. The molecule has 1 atom stereocenters. The summed E-state index contributed by atoms with van der Waals surface area (Å²) in [5.41, 5.74) is -0.495. The molecule has 1 aliphatic heterocycles. The molecule has 0 amide bonds. The maximum atomic E-state index is 12.6. The number of phenolic OH excluding ortho intramolecular Hbond substituents is 1. The second-order valence-corrected chi connectivity index (χ2v) is 9.04. The largest absolute Gasteiger partial charge is 0.507 e. The Morgan fingerprint density at radius 3 is 1.97 bits per heavy atom. The Labute approximate surface area is 222 Å². The van der Waals surface area contributed by atoms with Crippen LogP contribution >= 0.6 is 11.8 Å². The SMILES string of the molecule is COCCOCCOCCOC(=O)[C@@]1(C)CSC(c2ccc(OCCOCCOCCOC)cc2O)=N1. The number of carbonyl (C=O) groups is 1. The minimum Gasteiger partial charge on any atom is -0.507 e. The molecule has 1 N–H and O–H groups in total. The average molecular weight is 546 g/mol. The van der Waals surface area contributed by atoms with Gasteiger partial charge in [0.15, 0.2) is 5.54 Å². The van der Waals surface area contributed by atoms with Gasteiger partial charge in [-0.25, -0.2) is 4.79 Å². The number of aromatic hydroxyl groups is 1. The van der Waals surface area contributed by atoms with E-state index in [1.165, 1.54) is 17.8 Å². The number of aliphatic imine (C=N–C) groups is 1. The zero-order chi connectivity index (χ0) is 26.8. The van der Waals surface area contributed by atoms with Crippen molar-refractivity contribution in [2.75, 3.05) is 99.3 Å². The summed E-state index contributed by atoms with van der Waals surface area (Å²) in [6.45, 7) is 6.80. The van der Waals surface area contributed by atoms with Crippen molar-refractivity contribution in [1.82, 2.24) is 0 Å². The number of hydrogen-bond acceptors (Lipinski definition) is 12. The third kappa shape index (κ3) is 12.0. The van der Waals surface area contributed by atoms with Crippen LogP contribution in [0.3, 0.4) is 0 Å². The number of hydrogen-bond donors (Lipinski definition) is 1. The number of rotatable bonds is 21. The lowest BCUT2D eigenvalue weighted by molar-refractivity contribution is -0.150. The highest BCUT2D eigenvalue weighted by molar-refractivity contribution is 8.14. The molecule has 1 heterocycles. The highest BCUT2D eigenvalue weighted by Crippen LogP contribution is 2.36. The van der Waals surface area contributed by atoms with Gasteiger partial charge >= 0.3 is 5.97 Å². The van der Waals surface area contributed by atoms with Crippen LogP contribution in [-0.4, -0.2) is 121 Å². The van der Waals surface area contributed by atoms with Crippen LogP contribution in [-0.2, 0) is 38.0 Å². The molecule has 0 aliphatic carbocycles. The van der Waals surface area contributed by atoms with E-state index in [4.69, 9.17) is 37.9 Å². The molecule has 0 bridgehead atoms. The van der Waals surface area contributed by atoms with Gasteiger partial charge in [-0.2, -0.15) is 0 Å². The number of phenols is 1.